The van der Waals surface area contributed by atoms with E-state index in [-0.39, 0.29) is 6.85 Å². The van der Waals surface area contributed by atoms with Gasteiger partial charge < -0.3 is 9.71 Å². The lowest BCUT2D eigenvalue weighted by Gasteiger charge is -2.53. The third kappa shape index (κ3) is 3.49. The molecule has 0 atom stereocenters. The molecule has 13 rings (SSSR count). The lowest BCUT2D eigenvalue weighted by Crippen LogP contribution is -2.78. The quantitative estimate of drug-likeness (QED) is 0.170. The van der Waals surface area contributed by atoms with Gasteiger partial charge in [-0.1, -0.05) is 165 Å². The average Bonchev–Trinajstić information content (AvgIpc) is 3.53. The minimum Gasteiger partial charge on any atom is -0.377 e. The van der Waals surface area contributed by atoms with Crippen molar-refractivity contribution in [3.8, 4) is 33.4 Å². The molecule has 8 aromatic carbocycles. The highest BCUT2D eigenvalue weighted by Gasteiger charge is 2.58. The molecule has 0 aliphatic carbocycles. The highest BCUT2D eigenvalue weighted by atomic mass is 28.3. The van der Waals surface area contributed by atoms with Gasteiger partial charge in [0, 0.05) is 34.0 Å². The third-order valence-corrected chi connectivity index (χ3v) is 22.1. The molecule has 256 valence electrons. The average molecular weight is 731 g/mol. The van der Waals surface area contributed by atoms with E-state index in [9.17, 15) is 0 Å². The summed E-state index contributed by atoms with van der Waals surface area (Å²) in [5.74, 6) is 0. The summed E-state index contributed by atoms with van der Waals surface area (Å²) < 4.78 is 0. The molecule has 0 aromatic heterocycles. The van der Waals surface area contributed by atoms with Crippen molar-refractivity contribution in [1.82, 2.24) is 0 Å². The van der Waals surface area contributed by atoms with E-state index in [0.717, 1.165) is 0 Å². The van der Waals surface area contributed by atoms with Crippen LogP contribution in [0.2, 0.25) is 13.1 Å². The Morgan fingerprint density at radius 3 is 1.75 bits per heavy atom. The number of hydrogen-bond acceptors (Lipinski definition) is 2. The van der Waals surface area contributed by atoms with Crippen LogP contribution in [0.1, 0.15) is 0 Å². The summed E-state index contributed by atoms with van der Waals surface area (Å²) in [6.45, 7) is 5.12. The van der Waals surface area contributed by atoms with Crippen LogP contribution in [0.5, 0.6) is 0 Å². The maximum absolute atomic E-state index is 2.77. The first-order valence-electron chi connectivity index (χ1n) is 19.6. The molecule has 0 saturated carbocycles. The fraction of sp³-hybridized carbons (Fsp3) is 0.0400. The van der Waals surface area contributed by atoms with Crippen LogP contribution in [0.25, 0.3) is 33.4 Å². The second-order valence-electron chi connectivity index (χ2n) is 16.4. The van der Waals surface area contributed by atoms with Gasteiger partial charge >= 0.3 is 6.85 Å². The van der Waals surface area contributed by atoms with Crippen molar-refractivity contribution in [2.24, 2.45) is 0 Å². The summed E-state index contributed by atoms with van der Waals surface area (Å²) in [5, 5.41) is 9.04. The van der Waals surface area contributed by atoms with E-state index in [1.165, 1.54) is 104 Å². The normalized spacial score (nSPS) is 16.0. The molecule has 0 radical (unpaired) electrons. The second-order valence-corrected chi connectivity index (χ2v) is 24.4. The van der Waals surface area contributed by atoms with Gasteiger partial charge in [0.25, 0.3) is 0 Å². The summed E-state index contributed by atoms with van der Waals surface area (Å²) in [6, 6.07) is 67.9. The van der Waals surface area contributed by atoms with Crippen LogP contribution < -0.4 is 51.8 Å². The van der Waals surface area contributed by atoms with Crippen molar-refractivity contribution in [3.05, 3.63) is 176 Å². The van der Waals surface area contributed by atoms with Gasteiger partial charge in [-0.15, -0.1) is 0 Å². The highest BCUT2D eigenvalue weighted by molar-refractivity contribution is 7.24. The van der Waals surface area contributed by atoms with Crippen LogP contribution in [0.15, 0.2) is 176 Å². The minimum atomic E-state index is -2.74. The molecule has 2 nitrogen and oxygen atoms in total. The van der Waals surface area contributed by atoms with Crippen LogP contribution in [0, 0.1) is 0 Å². The number of benzene rings is 8. The van der Waals surface area contributed by atoms with Gasteiger partial charge in [0.2, 0.25) is 0 Å². The SMILES string of the molecule is C[Si]1(C)c2ccccc2N2B3c4cccc5c4N(c4ccccc4[Si]54c5ccccc5-c5ccccc54)c4cc(-c5ccccc5)cc(c43)-c3cccc1c32. The molecule has 0 unspecified atom stereocenters. The van der Waals surface area contributed by atoms with Gasteiger partial charge in [-0.2, -0.15) is 0 Å². The summed E-state index contributed by atoms with van der Waals surface area (Å²) in [4.78, 5) is 5.46. The van der Waals surface area contributed by atoms with Gasteiger partial charge in [-0.3, -0.25) is 0 Å². The van der Waals surface area contributed by atoms with Crippen molar-refractivity contribution in [1.29, 1.82) is 0 Å². The van der Waals surface area contributed by atoms with Crippen molar-refractivity contribution in [2.75, 3.05) is 9.71 Å². The van der Waals surface area contributed by atoms with Crippen LogP contribution in [0.4, 0.5) is 28.4 Å². The van der Waals surface area contributed by atoms with Crippen LogP contribution in [-0.2, 0) is 0 Å². The Balaban J connectivity index is 1.22. The van der Waals surface area contributed by atoms with Crippen molar-refractivity contribution in [3.63, 3.8) is 0 Å². The number of hydrogen-bond donors (Lipinski definition) is 0. The zero-order chi connectivity index (χ0) is 36.2. The Labute approximate surface area is 324 Å². The van der Waals surface area contributed by atoms with Crippen LogP contribution in [-0.4, -0.2) is 23.0 Å². The van der Waals surface area contributed by atoms with Gasteiger partial charge in [-0.25, -0.2) is 0 Å². The van der Waals surface area contributed by atoms with Crippen molar-refractivity contribution >= 4 is 93.5 Å². The highest BCUT2D eigenvalue weighted by Crippen LogP contribution is 2.50. The zero-order valence-corrected chi connectivity index (χ0v) is 32.7. The Morgan fingerprint density at radius 2 is 0.982 bits per heavy atom. The lowest BCUT2D eigenvalue weighted by molar-refractivity contribution is 1.28. The number of nitrogens with zero attached hydrogens (tertiary/aromatic N) is 2. The number of anilines is 5. The number of para-hydroxylation sites is 4. The molecule has 55 heavy (non-hydrogen) atoms. The minimum absolute atomic E-state index is 0.0177. The van der Waals surface area contributed by atoms with Crippen LogP contribution >= 0.6 is 0 Å². The van der Waals surface area contributed by atoms with E-state index in [0.29, 0.717) is 0 Å². The Kier molecular flexibility index (Phi) is 5.68. The Bertz CT molecular complexity index is 2960. The summed E-state index contributed by atoms with van der Waals surface area (Å²) in [7, 11) is -4.78. The molecular weight excluding hydrogens is 696 g/mol. The van der Waals surface area contributed by atoms with Crippen molar-refractivity contribution < 1.29 is 0 Å². The summed E-state index contributed by atoms with van der Waals surface area (Å²) in [6.07, 6.45) is 0. The van der Waals surface area contributed by atoms with E-state index in [1.807, 2.05) is 0 Å². The molecule has 5 heteroatoms. The molecule has 0 N–H and O–H groups in total. The predicted molar refractivity (Wildman–Crippen MR) is 239 cm³/mol. The van der Waals surface area contributed by atoms with E-state index < -0.39 is 16.1 Å². The molecule has 0 amide bonds. The van der Waals surface area contributed by atoms with E-state index >= 15 is 0 Å². The predicted octanol–water partition coefficient (Wildman–Crippen LogP) is 6.87. The monoisotopic (exact) mass is 730 g/mol. The first-order chi connectivity index (χ1) is 27.1. The van der Waals surface area contributed by atoms with Crippen LogP contribution in [0.3, 0.4) is 0 Å². The molecule has 5 heterocycles. The molecule has 8 aromatic rings. The first-order valence-corrected chi connectivity index (χ1v) is 24.6. The molecule has 1 spiro atoms. The summed E-state index contributed by atoms with van der Waals surface area (Å²) in [5.41, 5.74) is 17.6. The molecule has 0 fully saturated rings. The number of fused-ring (bicyclic) bond motifs is 15. The van der Waals surface area contributed by atoms with Crippen molar-refractivity contribution in [2.45, 2.75) is 13.1 Å². The third-order valence-electron chi connectivity index (χ3n) is 13.6. The molecule has 0 saturated heterocycles. The fourth-order valence-corrected chi connectivity index (χ4v) is 20.0. The first kappa shape index (κ1) is 30.2. The Hall–Kier alpha value is -6.14. The van der Waals surface area contributed by atoms with Gasteiger partial charge in [0.1, 0.15) is 8.07 Å². The maximum Gasteiger partial charge on any atom is 0.333 e. The van der Waals surface area contributed by atoms with Gasteiger partial charge in [0.15, 0.2) is 8.07 Å². The molecular formula is C50H35BN2Si2. The Morgan fingerprint density at radius 1 is 0.400 bits per heavy atom. The summed E-state index contributed by atoms with van der Waals surface area (Å²) >= 11 is 0. The second kappa shape index (κ2) is 10.3. The van der Waals surface area contributed by atoms with E-state index in [4.69, 9.17) is 0 Å². The molecule has 0 bridgehead atoms. The van der Waals surface area contributed by atoms with E-state index in [1.54, 1.807) is 0 Å². The fourth-order valence-electron chi connectivity index (χ4n) is 11.5. The zero-order valence-electron chi connectivity index (χ0n) is 30.7. The molecule has 5 aliphatic rings. The molecule has 5 aliphatic heterocycles. The standard InChI is InChI=1S/C50H35BN2Si2/c1-54(2)44-26-12-9-23-40(44)53-49-36(20-14-28-46(49)54)37-30-33(32-16-4-3-5-17-32)31-41-48(37)51(53)38-21-15-29-47-50(38)52(41)39-22-8-13-27-45(39)55(47)42-24-10-6-18-34(42)35-19-7-11-25-43(35)55/h3-31H,1-2H3. The van der Waals surface area contributed by atoms with Gasteiger partial charge in [-0.05, 0) is 94.1 Å². The smallest absolute Gasteiger partial charge is 0.333 e. The lowest BCUT2D eigenvalue weighted by atomic mass is 9.43. The number of rotatable bonds is 1. The topological polar surface area (TPSA) is 6.48 Å². The maximum atomic E-state index is 2.77. The van der Waals surface area contributed by atoms with E-state index in [2.05, 4.69) is 199 Å². The van der Waals surface area contributed by atoms with Gasteiger partial charge in [0.05, 0.1) is 0 Å². The largest absolute Gasteiger partial charge is 0.377 e.